The first-order chi connectivity index (χ1) is 8.60. The molecule has 2 nitrogen and oxygen atoms in total. The van der Waals surface area contributed by atoms with Crippen molar-refractivity contribution in [1.29, 1.82) is 0 Å². The van der Waals surface area contributed by atoms with E-state index in [1.165, 1.54) is 36.4 Å². The van der Waals surface area contributed by atoms with E-state index in [0.717, 1.165) is 0 Å². The number of nitrogens with two attached hydrogens (primary N) is 1. The Hall–Kier alpha value is -1.94. The van der Waals surface area contributed by atoms with Crippen molar-refractivity contribution in [3.8, 4) is 11.5 Å². The molecular weight excluding hydrogens is 236 g/mol. The lowest BCUT2D eigenvalue weighted by Crippen LogP contribution is -2.00. The van der Waals surface area contributed by atoms with Crippen LogP contribution in [0.4, 0.5) is 8.78 Å². The molecule has 0 bridgehead atoms. The zero-order chi connectivity index (χ0) is 13.1. The van der Waals surface area contributed by atoms with Gasteiger partial charge in [0, 0.05) is 12.1 Å². The van der Waals surface area contributed by atoms with Crippen molar-refractivity contribution < 1.29 is 13.5 Å². The topological polar surface area (TPSA) is 35.2 Å². The molecular formula is C14H13F2NO. The molecule has 2 N–H and O–H groups in total. The fourth-order valence-corrected chi connectivity index (χ4v) is 1.65. The lowest BCUT2D eigenvalue weighted by molar-refractivity contribution is 0.468. The summed E-state index contributed by atoms with van der Waals surface area (Å²) in [6, 6.07) is 8.37. The van der Waals surface area contributed by atoms with Gasteiger partial charge >= 0.3 is 0 Å². The summed E-state index contributed by atoms with van der Waals surface area (Å²) in [7, 11) is 0. The monoisotopic (exact) mass is 249 g/mol. The maximum absolute atomic E-state index is 13.0. The Kier molecular flexibility index (Phi) is 3.58. The molecule has 0 atom stereocenters. The van der Waals surface area contributed by atoms with Crippen LogP contribution in [0.5, 0.6) is 11.5 Å². The van der Waals surface area contributed by atoms with Crippen LogP contribution in [0.25, 0.3) is 0 Å². The Labute approximate surface area is 104 Å². The minimum atomic E-state index is -0.362. The molecule has 0 aliphatic rings. The molecule has 0 fully saturated rings. The molecule has 0 radical (unpaired) electrons. The Morgan fingerprint density at radius 1 is 1.00 bits per heavy atom. The minimum Gasteiger partial charge on any atom is -0.457 e. The standard InChI is InChI=1S/C14H13F2NO/c1-9-6-11(15)2-4-13(9)18-14-5-3-12(16)7-10(14)8-17/h2-7H,8,17H2,1H3. The van der Waals surface area contributed by atoms with Gasteiger partial charge in [0.2, 0.25) is 0 Å². The van der Waals surface area contributed by atoms with Gasteiger partial charge in [-0.05, 0) is 48.9 Å². The summed E-state index contributed by atoms with van der Waals surface area (Å²) >= 11 is 0. The molecule has 4 heteroatoms. The smallest absolute Gasteiger partial charge is 0.132 e. The van der Waals surface area contributed by atoms with Gasteiger partial charge in [0.1, 0.15) is 23.1 Å². The summed E-state index contributed by atoms with van der Waals surface area (Å²) < 4.78 is 31.6. The van der Waals surface area contributed by atoms with Crippen molar-refractivity contribution in [1.82, 2.24) is 0 Å². The maximum atomic E-state index is 13.0. The third kappa shape index (κ3) is 2.65. The number of ether oxygens (including phenoxy) is 1. The van der Waals surface area contributed by atoms with Gasteiger partial charge in [0.25, 0.3) is 0 Å². The normalized spacial score (nSPS) is 10.4. The molecule has 0 saturated heterocycles. The zero-order valence-electron chi connectivity index (χ0n) is 9.91. The van der Waals surface area contributed by atoms with E-state index in [4.69, 9.17) is 10.5 Å². The molecule has 18 heavy (non-hydrogen) atoms. The summed E-state index contributed by atoms with van der Waals surface area (Å²) in [6.45, 7) is 1.91. The van der Waals surface area contributed by atoms with E-state index in [0.29, 0.717) is 22.6 Å². The van der Waals surface area contributed by atoms with Crippen LogP contribution in [0.3, 0.4) is 0 Å². The number of aryl methyl sites for hydroxylation is 1. The average molecular weight is 249 g/mol. The summed E-state index contributed by atoms with van der Waals surface area (Å²) in [5.41, 5.74) is 6.77. The first kappa shape index (κ1) is 12.5. The molecule has 0 spiro atoms. The predicted octanol–water partition coefficient (Wildman–Crippen LogP) is 3.52. The Morgan fingerprint density at radius 2 is 1.61 bits per heavy atom. The molecule has 94 valence electrons. The second-order valence-corrected chi connectivity index (χ2v) is 3.97. The van der Waals surface area contributed by atoms with Crippen LogP contribution in [0, 0.1) is 18.6 Å². The van der Waals surface area contributed by atoms with Crippen LogP contribution in [-0.2, 0) is 6.54 Å². The van der Waals surface area contributed by atoms with Gasteiger partial charge in [-0.3, -0.25) is 0 Å². The summed E-state index contributed by atoms with van der Waals surface area (Å²) in [4.78, 5) is 0. The number of rotatable bonds is 3. The van der Waals surface area contributed by atoms with Gasteiger partial charge in [0.05, 0.1) is 0 Å². The van der Waals surface area contributed by atoms with Gasteiger partial charge in [-0.1, -0.05) is 0 Å². The molecule has 0 unspecified atom stereocenters. The third-order valence-electron chi connectivity index (χ3n) is 2.60. The molecule has 0 saturated carbocycles. The summed E-state index contributed by atoms with van der Waals surface area (Å²) in [5.74, 6) is 0.322. The third-order valence-corrected chi connectivity index (χ3v) is 2.60. The van der Waals surface area contributed by atoms with Crippen LogP contribution < -0.4 is 10.5 Å². The van der Waals surface area contributed by atoms with Crippen molar-refractivity contribution in [2.75, 3.05) is 0 Å². The number of halogens is 2. The number of hydrogen-bond acceptors (Lipinski definition) is 2. The van der Waals surface area contributed by atoms with E-state index in [9.17, 15) is 8.78 Å². The highest BCUT2D eigenvalue weighted by molar-refractivity contribution is 5.41. The predicted molar refractivity (Wildman–Crippen MR) is 65.5 cm³/mol. The van der Waals surface area contributed by atoms with E-state index in [2.05, 4.69) is 0 Å². The Balaban J connectivity index is 2.33. The van der Waals surface area contributed by atoms with Gasteiger partial charge in [0.15, 0.2) is 0 Å². The average Bonchev–Trinajstić information content (AvgIpc) is 2.34. The van der Waals surface area contributed by atoms with Crippen molar-refractivity contribution in [2.45, 2.75) is 13.5 Å². The highest BCUT2D eigenvalue weighted by Crippen LogP contribution is 2.28. The summed E-state index contributed by atoms with van der Waals surface area (Å²) in [6.07, 6.45) is 0. The van der Waals surface area contributed by atoms with Gasteiger partial charge in [-0.25, -0.2) is 8.78 Å². The number of hydrogen-bond donors (Lipinski definition) is 1. The SMILES string of the molecule is Cc1cc(F)ccc1Oc1ccc(F)cc1CN. The summed E-state index contributed by atoms with van der Waals surface area (Å²) in [5, 5.41) is 0. The van der Waals surface area contributed by atoms with Crippen molar-refractivity contribution in [2.24, 2.45) is 5.73 Å². The fraction of sp³-hybridized carbons (Fsp3) is 0.143. The molecule has 0 aliphatic carbocycles. The van der Waals surface area contributed by atoms with E-state index < -0.39 is 0 Å². The van der Waals surface area contributed by atoms with E-state index in [1.807, 2.05) is 0 Å². The van der Waals surface area contributed by atoms with E-state index >= 15 is 0 Å². The van der Waals surface area contributed by atoms with Crippen LogP contribution in [0.2, 0.25) is 0 Å². The quantitative estimate of drug-likeness (QED) is 0.903. The van der Waals surface area contributed by atoms with Gasteiger partial charge < -0.3 is 10.5 Å². The van der Waals surface area contributed by atoms with E-state index in [-0.39, 0.29) is 18.2 Å². The highest BCUT2D eigenvalue weighted by atomic mass is 19.1. The second kappa shape index (κ2) is 5.14. The molecule has 2 rings (SSSR count). The largest absolute Gasteiger partial charge is 0.457 e. The van der Waals surface area contributed by atoms with Gasteiger partial charge in [-0.2, -0.15) is 0 Å². The lowest BCUT2D eigenvalue weighted by Gasteiger charge is -2.12. The van der Waals surface area contributed by atoms with Crippen molar-refractivity contribution in [3.05, 3.63) is 59.2 Å². The molecule has 2 aromatic carbocycles. The van der Waals surface area contributed by atoms with Crippen molar-refractivity contribution >= 4 is 0 Å². The maximum Gasteiger partial charge on any atom is 0.132 e. The van der Waals surface area contributed by atoms with E-state index in [1.54, 1.807) is 6.92 Å². The minimum absolute atomic E-state index is 0.174. The first-order valence-corrected chi connectivity index (χ1v) is 5.52. The number of benzene rings is 2. The fourth-order valence-electron chi connectivity index (χ4n) is 1.65. The van der Waals surface area contributed by atoms with Crippen LogP contribution in [-0.4, -0.2) is 0 Å². The highest BCUT2D eigenvalue weighted by Gasteiger charge is 2.07. The Morgan fingerprint density at radius 3 is 2.22 bits per heavy atom. The molecule has 0 heterocycles. The van der Waals surface area contributed by atoms with Crippen LogP contribution in [0.15, 0.2) is 36.4 Å². The molecule has 2 aromatic rings. The molecule has 0 aliphatic heterocycles. The molecule has 0 aromatic heterocycles. The van der Waals surface area contributed by atoms with Crippen LogP contribution in [0.1, 0.15) is 11.1 Å². The lowest BCUT2D eigenvalue weighted by atomic mass is 10.2. The zero-order valence-corrected chi connectivity index (χ0v) is 9.91. The Bertz CT molecular complexity index is 570. The molecule has 0 amide bonds. The second-order valence-electron chi connectivity index (χ2n) is 3.97. The van der Waals surface area contributed by atoms with Crippen LogP contribution >= 0.6 is 0 Å². The van der Waals surface area contributed by atoms with Crippen molar-refractivity contribution in [3.63, 3.8) is 0 Å². The first-order valence-electron chi connectivity index (χ1n) is 5.52. The van der Waals surface area contributed by atoms with Gasteiger partial charge in [-0.15, -0.1) is 0 Å².